The fourth-order valence-corrected chi connectivity index (χ4v) is 6.44. The van der Waals surface area contributed by atoms with Crippen molar-refractivity contribution < 1.29 is 9.59 Å². The summed E-state index contributed by atoms with van der Waals surface area (Å²) in [6, 6.07) is 17.4. The molecule has 2 heterocycles. The fourth-order valence-electron chi connectivity index (χ4n) is 6.12. The summed E-state index contributed by atoms with van der Waals surface area (Å²) in [6.45, 7) is 17.1. The summed E-state index contributed by atoms with van der Waals surface area (Å²) in [5.74, 6) is 0.576. The SMILES string of the molecule is C=C/C(=C\C=C/C)c1cccc(C(=O)NC(CC)CCNc2ccc(CN3CCC(NC(=O)c4cccc(/C(C=C)=C/C=C\C)c4Cl)CC3)cn2)c1. The van der Waals surface area contributed by atoms with Crippen molar-refractivity contribution in [1.29, 1.82) is 0 Å². The zero-order chi connectivity index (χ0) is 37.3. The molecule has 1 aliphatic rings. The van der Waals surface area contributed by atoms with Gasteiger partial charge in [-0.2, -0.15) is 0 Å². The third kappa shape index (κ3) is 11.5. The van der Waals surface area contributed by atoms with Crippen molar-refractivity contribution in [3.05, 3.63) is 155 Å². The Kier molecular flexibility index (Phi) is 15.9. The van der Waals surface area contributed by atoms with Crippen LogP contribution >= 0.6 is 11.6 Å². The first-order valence-corrected chi connectivity index (χ1v) is 18.5. The number of carbonyl (C=O) groups excluding carboxylic acids is 2. The van der Waals surface area contributed by atoms with Crippen molar-refractivity contribution in [3.63, 3.8) is 0 Å². The van der Waals surface area contributed by atoms with E-state index in [1.807, 2.05) is 99.0 Å². The van der Waals surface area contributed by atoms with E-state index in [1.165, 1.54) is 0 Å². The fraction of sp³-hybridized carbons (Fsp3) is 0.295. The van der Waals surface area contributed by atoms with Crippen LogP contribution in [0.25, 0.3) is 11.1 Å². The molecule has 1 saturated heterocycles. The highest BCUT2D eigenvalue weighted by atomic mass is 35.5. The quantitative estimate of drug-likeness (QED) is 0.121. The molecule has 8 heteroatoms. The lowest BCUT2D eigenvalue weighted by Gasteiger charge is -2.32. The number of benzene rings is 2. The molecule has 1 fully saturated rings. The molecule has 1 aromatic heterocycles. The van der Waals surface area contributed by atoms with Gasteiger partial charge in [-0.15, -0.1) is 0 Å². The number of pyridine rings is 1. The number of nitrogens with one attached hydrogen (secondary N) is 3. The number of carbonyl (C=O) groups is 2. The molecule has 7 nitrogen and oxygen atoms in total. The number of amides is 2. The minimum atomic E-state index is -0.152. The van der Waals surface area contributed by atoms with Crippen LogP contribution in [0.2, 0.25) is 5.02 Å². The minimum Gasteiger partial charge on any atom is -0.370 e. The van der Waals surface area contributed by atoms with Gasteiger partial charge in [-0.25, -0.2) is 4.98 Å². The highest BCUT2D eigenvalue weighted by molar-refractivity contribution is 6.35. The van der Waals surface area contributed by atoms with E-state index in [-0.39, 0.29) is 23.9 Å². The van der Waals surface area contributed by atoms with E-state index in [0.29, 0.717) is 22.7 Å². The molecule has 1 unspecified atom stereocenters. The Balaban J connectivity index is 1.21. The normalized spacial score (nSPS) is 15.1. The Bertz CT molecular complexity index is 1800. The number of anilines is 1. The van der Waals surface area contributed by atoms with Gasteiger partial charge < -0.3 is 16.0 Å². The molecule has 1 aliphatic heterocycles. The molecule has 3 aromatic rings. The molecule has 272 valence electrons. The molecule has 4 rings (SSSR count). The van der Waals surface area contributed by atoms with Gasteiger partial charge in [0.05, 0.1) is 10.6 Å². The van der Waals surface area contributed by atoms with Crippen LogP contribution in [-0.4, -0.2) is 53.4 Å². The maximum Gasteiger partial charge on any atom is 0.253 e. The predicted molar refractivity (Wildman–Crippen MR) is 219 cm³/mol. The molecular weight excluding hydrogens is 666 g/mol. The standard InChI is InChI=1S/C44H52ClN5O2/c1-6-11-15-33(8-3)35-17-13-18-36(29-35)43(51)48-37(10-5)23-26-46-41-22-21-32(30-47-41)31-50-27-24-38(25-28-50)49-44(52)40-20-14-19-39(42(40)45)34(9-4)16-12-7-2/h6-9,11-22,29-30,37-38H,3-4,10,23-28,31H2,1-2,5H3,(H,46,47)(H,48,51)(H,49,52)/b11-6-,12-7-,33-15+,34-16+. The van der Waals surface area contributed by atoms with Crippen molar-refractivity contribution in [1.82, 2.24) is 20.5 Å². The van der Waals surface area contributed by atoms with Gasteiger partial charge >= 0.3 is 0 Å². The van der Waals surface area contributed by atoms with Gasteiger partial charge in [0.25, 0.3) is 11.8 Å². The van der Waals surface area contributed by atoms with Crippen molar-refractivity contribution in [2.24, 2.45) is 0 Å². The van der Waals surface area contributed by atoms with Crippen molar-refractivity contribution >= 4 is 40.4 Å². The minimum absolute atomic E-state index is 0.0331. The molecule has 0 radical (unpaired) electrons. The van der Waals surface area contributed by atoms with Crippen LogP contribution in [0, 0.1) is 0 Å². The van der Waals surface area contributed by atoms with Crippen LogP contribution < -0.4 is 16.0 Å². The zero-order valence-electron chi connectivity index (χ0n) is 30.7. The van der Waals surface area contributed by atoms with Gasteiger partial charge in [0.15, 0.2) is 0 Å². The van der Waals surface area contributed by atoms with E-state index in [0.717, 1.165) is 79.0 Å². The third-order valence-corrected chi connectivity index (χ3v) is 9.58. The van der Waals surface area contributed by atoms with Gasteiger partial charge in [-0.05, 0) is 86.1 Å². The second-order valence-corrected chi connectivity index (χ2v) is 13.2. The Morgan fingerprint density at radius 3 is 2.25 bits per heavy atom. The molecule has 2 aromatic carbocycles. The first kappa shape index (κ1) is 39.8. The van der Waals surface area contributed by atoms with E-state index in [1.54, 1.807) is 18.2 Å². The van der Waals surface area contributed by atoms with E-state index in [4.69, 9.17) is 11.6 Å². The molecule has 2 amide bonds. The Labute approximate surface area is 315 Å². The smallest absolute Gasteiger partial charge is 0.253 e. The van der Waals surface area contributed by atoms with Gasteiger partial charge in [-0.3, -0.25) is 14.5 Å². The first-order chi connectivity index (χ1) is 25.3. The van der Waals surface area contributed by atoms with E-state index in [2.05, 4.69) is 52.0 Å². The molecule has 52 heavy (non-hydrogen) atoms. The third-order valence-electron chi connectivity index (χ3n) is 9.17. The predicted octanol–water partition coefficient (Wildman–Crippen LogP) is 9.43. The van der Waals surface area contributed by atoms with Crippen LogP contribution in [0.5, 0.6) is 0 Å². The maximum absolute atomic E-state index is 13.2. The second kappa shape index (κ2) is 20.8. The topological polar surface area (TPSA) is 86.4 Å². The number of hydrogen-bond acceptors (Lipinski definition) is 5. The number of aromatic nitrogens is 1. The summed E-state index contributed by atoms with van der Waals surface area (Å²) < 4.78 is 0. The first-order valence-electron chi connectivity index (χ1n) is 18.1. The summed E-state index contributed by atoms with van der Waals surface area (Å²) in [4.78, 5) is 33.3. The van der Waals surface area contributed by atoms with Crippen LogP contribution in [-0.2, 0) is 6.54 Å². The van der Waals surface area contributed by atoms with Crippen molar-refractivity contribution in [3.8, 4) is 0 Å². The molecule has 0 aliphatic carbocycles. The largest absolute Gasteiger partial charge is 0.370 e. The summed E-state index contributed by atoms with van der Waals surface area (Å²) in [6.07, 6.45) is 20.5. The van der Waals surface area contributed by atoms with Crippen LogP contribution in [0.1, 0.15) is 83.9 Å². The summed E-state index contributed by atoms with van der Waals surface area (Å²) >= 11 is 6.70. The lowest BCUT2D eigenvalue weighted by molar-refractivity contribution is 0.0906. The van der Waals surface area contributed by atoms with E-state index < -0.39 is 0 Å². The summed E-state index contributed by atoms with van der Waals surface area (Å²) in [5, 5.41) is 10.2. The van der Waals surface area contributed by atoms with Crippen molar-refractivity contribution in [2.75, 3.05) is 25.0 Å². The van der Waals surface area contributed by atoms with E-state index in [9.17, 15) is 9.59 Å². The van der Waals surface area contributed by atoms with E-state index >= 15 is 0 Å². The molecule has 0 bridgehead atoms. The highest BCUT2D eigenvalue weighted by Crippen LogP contribution is 2.29. The van der Waals surface area contributed by atoms with Crippen LogP contribution in [0.15, 0.2) is 123 Å². The zero-order valence-corrected chi connectivity index (χ0v) is 31.5. The maximum atomic E-state index is 13.2. The Morgan fingerprint density at radius 2 is 1.60 bits per heavy atom. The Morgan fingerprint density at radius 1 is 0.923 bits per heavy atom. The number of halogens is 1. The lowest BCUT2D eigenvalue weighted by atomic mass is 10.0. The molecule has 3 N–H and O–H groups in total. The molecular formula is C44H52ClN5O2. The molecule has 1 atom stereocenters. The highest BCUT2D eigenvalue weighted by Gasteiger charge is 2.23. The van der Waals surface area contributed by atoms with Crippen LogP contribution in [0.3, 0.4) is 0 Å². The number of piperidine rings is 1. The molecule has 0 spiro atoms. The average Bonchev–Trinajstić information content (AvgIpc) is 3.17. The number of nitrogens with zero attached hydrogens (tertiary/aromatic N) is 2. The van der Waals surface area contributed by atoms with Gasteiger partial charge in [-0.1, -0.05) is 111 Å². The number of hydrogen-bond donors (Lipinski definition) is 3. The lowest BCUT2D eigenvalue weighted by Crippen LogP contribution is -2.44. The number of allylic oxidation sites excluding steroid dienone is 10. The number of rotatable bonds is 17. The monoisotopic (exact) mass is 717 g/mol. The Hall–Kier alpha value is -4.98. The van der Waals surface area contributed by atoms with Gasteiger partial charge in [0, 0.05) is 55.6 Å². The van der Waals surface area contributed by atoms with Crippen molar-refractivity contribution in [2.45, 2.75) is 65.1 Å². The molecule has 0 saturated carbocycles. The van der Waals surface area contributed by atoms with Gasteiger partial charge in [0.1, 0.15) is 5.82 Å². The van der Waals surface area contributed by atoms with Crippen LogP contribution in [0.4, 0.5) is 5.82 Å². The number of likely N-dealkylation sites (tertiary alicyclic amines) is 1. The average molecular weight is 718 g/mol. The summed E-state index contributed by atoms with van der Waals surface area (Å²) in [5.41, 5.74) is 5.82. The second-order valence-electron chi connectivity index (χ2n) is 12.8. The van der Waals surface area contributed by atoms with Gasteiger partial charge in [0.2, 0.25) is 0 Å². The summed E-state index contributed by atoms with van der Waals surface area (Å²) in [7, 11) is 0.